The molecule has 2 aromatic heterocycles. The van der Waals surface area contributed by atoms with E-state index in [-0.39, 0.29) is 12.2 Å². The number of aromatic nitrogens is 3. The second-order valence-corrected chi connectivity index (χ2v) is 7.80. The first kappa shape index (κ1) is 21.4. The number of pyridine rings is 1. The Morgan fingerprint density at radius 3 is 2.79 bits per heavy atom. The first-order chi connectivity index (χ1) is 16.5. The van der Waals surface area contributed by atoms with Crippen LogP contribution in [0.25, 0.3) is 22.0 Å². The number of amidine groups is 1. The Kier molecular flexibility index (Phi) is 5.59. The number of hydrogen-bond acceptors (Lipinski definition) is 6. The van der Waals surface area contributed by atoms with Gasteiger partial charge in [0.25, 0.3) is 5.56 Å². The van der Waals surface area contributed by atoms with E-state index in [1.165, 1.54) is 6.07 Å². The van der Waals surface area contributed by atoms with Crippen LogP contribution in [0.5, 0.6) is 0 Å². The average Bonchev–Trinajstić information content (AvgIpc) is 3.23. The van der Waals surface area contributed by atoms with Crippen molar-refractivity contribution in [2.24, 2.45) is 4.99 Å². The van der Waals surface area contributed by atoms with Crippen LogP contribution in [0.15, 0.2) is 64.4 Å². The van der Waals surface area contributed by atoms with Crippen LogP contribution in [-0.2, 0) is 17.6 Å². The number of rotatable bonds is 4. The number of H-pyrrole nitrogens is 1. The number of halogens is 1. The number of fused-ring (bicyclic) bond motifs is 2. The van der Waals surface area contributed by atoms with Crippen LogP contribution in [0.1, 0.15) is 23.7 Å². The number of benzene rings is 2. The molecule has 3 heterocycles. The predicted octanol–water partition coefficient (Wildman–Crippen LogP) is 4.05. The van der Waals surface area contributed by atoms with Gasteiger partial charge in [-0.3, -0.25) is 10.1 Å². The Labute approximate surface area is 193 Å². The van der Waals surface area contributed by atoms with Gasteiger partial charge in [-0.15, -0.1) is 0 Å². The van der Waals surface area contributed by atoms with Gasteiger partial charge >= 0.3 is 6.09 Å². The molecule has 4 aromatic rings. The summed E-state index contributed by atoms with van der Waals surface area (Å²) in [5.74, 6) is 0.452. The van der Waals surface area contributed by atoms with Crippen LogP contribution < -0.4 is 10.9 Å². The lowest BCUT2D eigenvalue weighted by molar-refractivity contribution is 0.157. The average molecular weight is 457 g/mol. The first-order valence-electron chi connectivity index (χ1n) is 10.8. The van der Waals surface area contributed by atoms with Crippen LogP contribution >= 0.6 is 0 Å². The molecule has 0 fully saturated rings. The highest BCUT2D eigenvalue weighted by atomic mass is 19.1. The fourth-order valence-electron chi connectivity index (χ4n) is 3.95. The molecule has 2 N–H and O–H groups in total. The Morgan fingerprint density at radius 1 is 1.15 bits per heavy atom. The number of carbonyl (C=O) groups is 1. The molecule has 8 nitrogen and oxygen atoms in total. The van der Waals surface area contributed by atoms with Crippen LogP contribution in [0.2, 0.25) is 0 Å². The standard InChI is InChI=1S/C25H20FN5O3/c1-2-34-25(33)29-22-13-15-8-10-20(27-23(15)28-22)18-11-14(7-9-19(18)26)12-21-16-5-3-4-6-17(16)24(32)31-30-21/h3-11H,2,12-13H2,1H3,(H,31,32)(H,27,28,29,33). The van der Waals surface area contributed by atoms with E-state index in [0.717, 1.165) is 16.5 Å². The molecule has 1 aliphatic rings. The van der Waals surface area contributed by atoms with Gasteiger partial charge in [0, 0.05) is 29.4 Å². The maximum atomic E-state index is 14.8. The van der Waals surface area contributed by atoms with Gasteiger partial charge in [-0.2, -0.15) is 5.10 Å². The van der Waals surface area contributed by atoms with Crippen LogP contribution in [0.3, 0.4) is 0 Å². The van der Waals surface area contributed by atoms with Gasteiger partial charge in [-0.25, -0.2) is 24.3 Å². The topological polar surface area (TPSA) is 109 Å². The molecule has 5 rings (SSSR count). The van der Waals surface area contributed by atoms with Crippen LogP contribution in [0, 0.1) is 5.82 Å². The summed E-state index contributed by atoms with van der Waals surface area (Å²) in [5, 5.41) is 10.6. The van der Waals surface area contributed by atoms with Gasteiger partial charge in [-0.05, 0) is 36.8 Å². The van der Waals surface area contributed by atoms with Gasteiger partial charge in [0.15, 0.2) is 5.82 Å². The molecule has 0 aliphatic carbocycles. The summed E-state index contributed by atoms with van der Waals surface area (Å²) in [4.78, 5) is 32.6. The lowest BCUT2D eigenvalue weighted by Crippen LogP contribution is -2.30. The van der Waals surface area contributed by atoms with Crippen molar-refractivity contribution in [2.45, 2.75) is 19.8 Å². The third-order valence-electron chi connectivity index (χ3n) is 5.53. The highest BCUT2D eigenvalue weighted by Gasteiger charge is 2.20. The number of hydrogen-bond donors (Lipinski definition) is 2. The second kappa shape index (κ2) is 8.86. The van der Waals surface area contributed by atoms with Gasteiger partial charge in [0.1, 0.15) is 11.7 Å². The van der Waals surface area contributed by atoms with Crippen LogP contribution in [-0.4, -0.2) is 33.7 Å². The molecule has 0 saturated carbocycles. The molecular weight excluding hydrogens is 437 g/mol. The summed E-state index contributed by atoms with van der Waals surface area (Å²) in [7, 11) is 0. The molecule has 9 heteroatoms. The van der Waals surface area contributed by atoms with E-state index in [1.54, 1.807) is 37.3 Å². The van der Waals surface area contributed by atoms with Crippen molar-refractivity contribution in [3.05, 3.63) is 87.6 Å². The molecule has 0 unspecified atom stereocenters. The first-order valence-corrected chi connectivity index (χ1v) is 10.8. The number of nitrogens with zero attached hydrogens (tertiary/aromatic N) is 3. The molecule has 2 aromatic carbocycles. The normalized spacial score (nSPS) is 12.4. The molecule has 0 saturated heterocycles. The van der Waals surface area contributed by atoms with Crippen molar-refractivity contribution in [3.63, 3.8) is 0 Å². The molecule has 1 amide bonds. The van der Waals surface area contributed by atoms with Gasteiger partial charge in [0.05, 0.1) is 23.4 Å². The number of alkyl carbamates (subject to hydrolysis) is 1. The molecule has 0 spiro atoms. The Hall–Kier alpha value is -4.40. The molecule has 0 bridgehead atoms. The molecule has 1 aliphatic heterocycles. The fraction of sp³-hybridized carbons (Fsp3) is 0.160. The summed E-state index contributed by atoms with van der Waals surface area (Å²) < 4.78 is 19.7. The number of ether oxygens (including phenoxy) is 1. The van der Waals surface area contributed by atoms with Crippen molar-refractivity contribution < 1.29 is 13.9 Å². The van der Waals surface area contributed by atoms with E-state index >= 15 is 0 Å². The van der Waals surface area contributed by atoms with E-state index in [2.05, 4.69) is 25.5 Å². The van der Waals surface area contributed by atoms with E-state index in [9.17, 15) is 14.0 Å². The largest absolute Gasteiger partial charge is 0.450 e. The van der Waals surface area contributed by atoms with Crippen molar-refractivity contribution in [1.29, 1.82) is 0 Å². The second-order valence-electron chi connectivity index (χ2n) is 7.80. The monoisotopic (exact) mass is 457 g/mol. The smallest absolute Gasteiger partial charge is 0.412 e. The van der Waals surface area contributed by atoms with E-state index < -0.39 is 11.9 Å². The maximum absolute atomic E-state index is 14.8. The SMILES string of the molecule is CCOC(=O)NC1=Nc2nc(-c3cc(Cc4n[nH]c(=O)c5ccccc45)ccc3F)ccc2C1. The molecular formula is C25H20FN5O3. The van der Waals surface area contributed by atoms with Gasteiger partial charge in [0.2, 0.25) is 0 Å². The summed E-state index contributed by atoms with van der Waals surface area (Å²) in [6.07, 6.45) is 0.243. The Morgan fingerprint density at radius 2 is 1.97 bits per heavy atom. The number of carbonyl (C=O) groups excluding carboxylic acids is 1. The Balaban J connectivity index is 1.45. The molecule has 0 atom stereocenters. The minimum absolute atomic E-state index is 0.251. The summed E-state index contributed by atoms with van der Waals surface area (Å²) in [6.45, 7) is 1.98. The number of aromatic amines is 1. The number of nitrogens with one attached hydrogen (secondary N) is 2. The van der Waals surface area contributed by atoms with E-state index in [1.807, 2.05) is 18.2 Å². The summed E-state index contributed by atoms with van der Waals surface area (Å²) in [5.41, 5.74) is 2.84. The quantitative estimate of drug-likeness (QED) is 0.481. The predicted molar refractivity (Wildman–Crippen MR) is 126 cm³/mol. The van der Waals surface area contributed by atoms with Gasteiger partial charge < -0.3 is 4.74 Å². The lowest BCUT2D eigenvalue weighted by Gasteiger charge is -2.09. The van der Waals surface area contributed by atoms with Crippen molar-refractivity contribution >= 4 is 28.5 Å². The molecule has 0 radical (unpaired) electrons. The zero-order chi connectivity index (χ0) is 23.7. The highest BCUT2D eigenvalue weighted by molar-refractivity contribution is 6.00. The lowest BCUT2D eigenvalue weighted by atomic mass is 10.0. The summed E-state index contributed by atoms with van der Waals surface area (Å²) in [6, 6.07) is 15.6. The van der Waals surface area contributed by atoms with Crippen molar-refractivity contribution in [1.82, 2.24) is 20.5 Å². The van der Waals surface area contributed by atoms with E-state index in [0.29, 0.717) is 46.8 Å². The van der Waals surface area contributed by atoms with Crippen molar-refractivity contribution in [2.75, 3.05) is 6.61 Å². The maximum Gasteiger partial charge on any atom is 0.412 e. The minimum Gasteiger partial charge on any atom is -0.450 e. The van der Waals surface area contributed by atoms with Crippen LogP contribution in [0.4, 0.5) is 15.0 Å². The fourth-order valence-corrected chi connectivity index (χ4v) is 3.95. The van der Waals surface area contributed by atoms with Crippen molar-refractivity contribution in [3.8, 4) is 11.3 Å². The summed E-state index contributed by atoms with van der Waals surface area (Å²) >= 11 is 0. The number of amides is 1. The molecule has 170 valence electrons. The molecule has 34 heavy (non-hydrogen) atoms. The minimum atomic E-state index is -0.573. The van der Waals surface area contributed by atoms with E-state index in [4.69, 9.17) is 4.74 Å². The highest BCUT2D eigenvalue weighted by Crippen LogP contribution is 2.30. The third kappa shape index (κ3) is 4.15. The van der Waals surface area contributed by atoms with Gasteiger partial charge in [-0.1, -0.05) is 30.3 Å². The number of aliphatic imine (C=N–C) groups is 1. The zero-order valence-electron chi connectivity index (χ0n) is 18.3. The zero-order valence-corrected chi connectivity index (χ0v) is 18.3. The Bertz CT molecular complexity index is 1510. The third-order valence-corrected chi connectivity index (χ3v) is 5.53.